The van der Waals surface area contributed by atoms with E-state index in [4.69, 9.17) is 28.9 Å². The molecule has 1 fully saturated rings. The first kappa shape index (κ1) is 22.6. The predicted molar refractivity (Wildman–Crippen MR) is 126 cm³/mol. The maximum atomic E-state index is 13.2. The fraction of sp³-hybridized carbons (Fsp3) is 0.381. The van der Waals surface area contributed by atoms with E-state index in [9.17, 15) is 4.79 Å². The molecule has 3 N–H and O–H groups in total. The standard InChI is InChI=1S/C21H25Cl2N3OS2/c1-14-7-9-26(10-8-14)21(27)19(13-28-15-5-3-2-4-6-15)25-29-16-11-17(22)20(24)18(23)12-16/h2-6,11-12,14,19,25H,7-10,13,24H2,1H3. The number of nitrogens with zero attached hydrogens (tertiary/aromatic N) is 1. The van der Waals surface area contributed by atoms with E-state index in [2.05, 4.69) is 23.8 Å². The lowest BCUT2D eigenvalue weighted by Gasteiger charge is -2.33. The first-order valence-electron chi connectivity index (χ1n) is 9.57. The van der Waals surface area contributed by atoms with Gasteiger partial charge in [0.25, 0.3) is 0 Å². The van der Waals surface area contributed by atoms with Crippen LogP contribution < -0.4 is 10.5 Å². The first-order valence-corrected chi connectivity index (χ1v) is 12.1. The van der Waals surface area contributed by atoms with Crippen LogP contribution >= 0.6 is 46.9 Å². The van der Waals surface area contributed by atoms with Crippen molar-refractivity contribution >= 4 is 58.5 Å². The number of benzene rings is 2. The van der Waals surface area contributed by atoms with Crippen molar-refractivity contribution in [1.82, 2.24) is 9.62 Å². The number of carbonyl (C=O) groups excluding carboxylic acids is 1. The van der Waals surface area contributed by atoms with E-state index in [0.717, 1.165) is 35.7 Å². The average molecular weight is 470 g/mol. The second-order valence-corrected chi connectivity index (χ2v) is 10.0. The van der Waals surface area contributed by atoms with Gasteiger partial charge in [-0.25, -0.2) is 4.72 Å². The summed E-state index contributed by atoms with van der Waals surface area (Å²) in [5.74, 6) is 1.45. The summed E-state index contributed by atoms with van der Waals surface area (Å²) < 4.78 is 3.34. The molecule has 29 heavy (non-hydrogen) atoms. The van der Waals surface area contributed by atoms with Gasteiger partial charge < -0.3 is 10.6 Å². The molecule has 0 spiro atoms. The van der Waals surface area contributed by atoms with Gasteiger partial charge in [0.05, 0.1) is 15.7 Å². The summed E-state index contributed by atoms with van der Waals surface area (Å²) in [7, 11) is 0. The van der Waals surface area contributed by atoms with Crippen LogP contribution in [0.3, 0.4) is 0 Å². The number of amides is 1. The van der Waals surface area contributed by atoms with E-state index < -0.39 is 0 Å². The van der Waals surface area contributed by atoms with E-state index in [0.29, 0.717) is 27.4 Å². The highest BCUT2D eigenvalue weighted by Crippen LogP contribution is 2.33. The van der Waals surface area contributed by atoms with E-state index >= 15 is 0 Å². The third kappa shape index (κ3) is 6.46. The van der Waals surface area contributed by atoms with Crippen LogP contribution in [0.5, 0.6) is 0 Å². The van der Waals surface area contributed by atoms with Crippen LogP contribution in [0.4, 0.5) is 5.69 Å². The van der Waals surface area contributed by atoms with Crippen molar-refractivity contribution < 1.29 is 4.79 Å². The molecule has 1 unspecified atom stereocenters. The van der Waals surface area contributed by atoms with Crippen LogP contribution in [-0.4, -0.2) is 35.7 Å². The molecule has 156 valence electrons. The largest absolute Gasteiger partial charge is 0.396 e. The van der Waals surface area contributed by atoms with Crippen molar-refractivity contribution in [2.24, 2.45) is 5.92 Å². The zero-order chi connectivity index (χ0) is 20.8. The Kier molecular flexibility index (Phi) is 8.45. The van der Waals surface area contributed by atoms with Crippen LogP contribution in [0.15, 0.2) is 52.3 Å². The fourth-order valence-electron chi connectivity index (χ4n) is 3.06. The number of anilines is 1. The number of piperidine rings is 1. The van der Waals surface area contributed by atoms with Crippen molar-refractivity contribution in [3.63, 3.8) is 0 Å². The monoisotopic (exact) mass is 469 g/mol. The lowest BCUT2D eigenvalue weighted by molar-refractivity contribution is -0.133. The lowest BCUT2D eigenvalue weighted by atomic mass is 9.99. The number of nitrogens with two attached hydrogens (primary N) is 1. The summed E-state index contributed by atoms with van der Waals surface area (Å²) in [6.07, 6.45) is 2.11. The Morgan fingerprint density at radius 2 is 1.79 bits per heavy atom. The molecule has 0 bridgehead atoms. The number of carbonyl (C=O) groups is 1. The number of likely N-dealkylation sites (tertiary alicyclic amines) is 1. The molecule has 0 radical (unpaired) electrons. The topological polar surface area (TPSA) is 58.4 Å². The van der Waals surface area contributed by atoms with E-state index in [1.54, 1.807) is 23.9 Å². The summed E-state index contributed by atoms with van der Waals surface area (Å²) in [6.45, 7) is 3.88. The summed E-state index contributed by atoms with van der Waals surface area (Å²) in [4.78, 5) is 17.1. The molecule has 0 aromatic heterocycles. The van der Waals surface area contributed by atoms with Gasteiger partial charge in [-0.3, -0.25) is 4.79 Å². The number of nitrogens with one attached hydrogen (secondary N) is 1. The lowest BCUT2D eigenvalue weighted by Crippen LogP contribution is -2.48. The Bertz CT molecular complexity index is 807. The number of hydrogen-bond donors (Lipinski definition) is 2. The van der Waals surface area contributed by atoms with Crippen molar-refractivity contribution in [3.05, 3.63) is 52.5 Å². The SMILES string of the molecule is CC1CCN(C(=O)C(CSc2ccccc2)NSc2cc(Cl)c(N)c(Cl)c2)CC1. The van der Waals surface area contributed by atoms with E-state index in [-0.39, 0.29) is 11.9 Å². The maximum absolute atomic E-state index is 13.2. The molecule has 1 saturated heterocycles. The van der Waals surface area contributed by atoms with Gasteiger partial charge in [-0.15, -0.1) is 11.8 Å². The minimum absolute atomic E-state index is 0.139. The zero-order valence-corrected chi connectivity index (χ0v) is 19.4. The van der Waals surface area contributed by atoms with Crippen LogP contribution in [0.25, 0.3) is 0 Å². The Morgan fingerprint density at radius 1 is 1.17 bits per heavy atom. The molecule has 2 aromatic carbocycles. The Labute approximate surface area is 191 Å². The Hall–Kier alpha value is -1.05. The maximum Gasteiger partial charge on any atom is 0.241 e. The Morgan fingerprint density at radius 3 is 2.41 bits per heavy atom. The highest BCUT2D eigenvalue weighted by atomic mass is 35.5. The van der Waals surface area contributed by atoms with Gasteiger partial charge in [0.15, 0.2) is 0 Å². The summed E-state index contributed by atoms with van der Waals surface area (Å²) >= 11 is 15.3. The molecule has 8 heteroatoms. The van der Waals surface area contributed by atoms with Crippen LogP contribution in [-0.2, 0) is 4.79 Å². The van der Waals surface area contributed by atoms with E-state index in [1.807, 2.05) is 23.1 Å². The van der Waals surface area contributed by atoms with Gasteiger partial charge in [0.2, 0.25) is 5.91 Å². The third-order valence-corrected chi connectivity index (χ3v) is 7.53. The highest BCUT2D eigenvalue weighted by Gasteiger charge is 2.27. The van der Waals surface area contributed by atoms with Gasteiger partial charge in [-0.05, 0) is 55.0 Å². The van der Waals surface area contributed by atoms with Gasteiger partial charge in [-0.1, -0.05) is 48.3 Å². The second kappa shape index (κ2) is 10.8. The molecule has 1 amide bonds. The van der Waals surface area contributed by atoms with Crippen LogP contribution in [0, 0.1) is 5.92 Å². The first-order chi connectivity index (χ1) is 13.9. The third-order valence-electron chi connectivity index (χ3n) is 4.92. The van der Waals surface area contributed by atoms with Crippen molar-refractivity contribution in [2.45, 2.75) is 35.6 Å². The minimum Gasteiger partial charge on any atom is -0.396 e. The zero-order valence-electron chi connectivity index (χ0n) is 16.2. The molecule has 0 aliphatic carbocycles. The number of nitrogen functional groups attached to an aromatic ring is 1. The van der Waals surface area contributed by atoms with Gasteiger partial charge >= 0.3 is 0 Å². The molecule has 3 rings (SSSR count). The summed E-state index contributed by atoms with van der Waals surface area (Å²) in [5, 5.41) is 0.821. The number of hydrogen-bond acceptors (Lipinski definition) is 5. The molecule has 1 aliphatic heterocycles. The van der Waals surface area contributed by atoms with E-state index in [1.165, 1.54) is 11.9 Å². The molecule has 1 atom stereocenters. The molecule has 1 aliphatic rings. The van der Waals surface area contributed by atoms with Crippen molar-refractivity contribution in [3.8, 4) is 0 Å². The average Bonchev–Trinajstić information content (AvgIpc) is 2.73. The van der Waals surface area contributed by atoms with Crippen molar-refractivity contribution in [1.29, 1.82) is 0 Å². The molecule has 2 aromatic rings. The van der Waals surface area contributed by atoms with Gasteiger partial charge in [0, 0.05) is 28.6 Å². The van der Waals surface area contributed by atoms with Crippen LogP contribution in [0.2, 0.25) is 10.0 Å². The smallest absolute Gasteiger partial charge is 0.241 e. The fourth-order valence-corrected chi connectivity index (χ4v) is 5.53. The predicted octanol–water partition coefficient (Wildman–Crippen LogP) is 5.59. The molecule has 4 nitrogen and oxygen atoms in total. The van der Waals surface area contributed by atoms with Gasteiger partial charge in [0.1, 0.15) is 6.04 Å². The quantitative estimate of drug-likeness (QED) is 0.314. The summed E-state index contributed by atoms with van der Waals surface area (Å²) in [6, 6.07) is 13.3. The molecular weight excluding hydrogens is 445 g/mol. The van der Waals surface area contributed by atoms with Crippen molar-refractivity contribution in [2.75, 3.05) is 24.6 Å². The minimum atomic E-state index is -0.325. The molecular formula is C21H25Cl2N3OS2. The normalized spacial score (nSPS) is 16.0. The molecule has 1 heterocycles. The van der Waals surface area contributed by atoms with Crippen LogP contribution in [0.1, 0.15) is 19.8 Å². The summed E-state index contributed by atoms with van der Waals surface area (Å²) in [5.41, 5.74) is 6.19. The number of rotatable bonds is 7. The van der Waals surface area contributed by atoms with Gasteiger partial charge in [-0.2, -0.15) is 0 Å². The highest BCUT2D eigenvalue weighted by molar-refractivity contribution is 7.99. The Balaban J connectivity index is 1.68. The number of halogens is 2. The molecule has 0 saturated carbocycles. The second-order valence-electron chi connectivity index (χ2n) is 7.20. The number of thioether (sulfide) groups is 1.